The van der Waals surface area contributed by atoms with E-state index in [1.165, 1.54) is 6.26 Å². The quantitative estimate of drug-likeness (QED) is 0.751. The Morgan fingerprint density at radius 1 is 1.26 bits per heavy atom. The van der Waals surface area contributed by atoms with Crippen molar-refractivity contribution >= 4 is 5.91 Å². The van der Waals surface area contributed by atoms with Crippen molar-refractivity contribution in [1.29, 1.82) is 0 Å². The Labute approximate surface area is 132 Å². The summed E-state index contributed by atoms with van der Waals surface area (Å²) in [5.41, 5.74) is 0.780. The van der Waals surface area contributed by atoms with Gasteiger partial charge in [-0.05, 0) is 30.3 Å². The molecule has 0 aliphatic rings. The summed E-state index contributed by atoms with van der Waals surface area (Å²) in [6.07, 6.45) is 1.89. The minimum atomic E-state index is -0.275. The molecule has 1 N–H and O–H groups in total. The second kappa shape index (κ2) is 6.78. The Balaban J connectivity index is 1.58. The van der Waals surface area contributed by atoms with E-state index in [1.807, 2.05) is 24.3 Å². The number of ether oxygens (including phenoxy) is 1. The van der Waals surface area contributed by atoms with Gasteiger partial charge in [-0.15, -0.1) is 10.2 Å². The fourth-order valence-corrected chi connectivity index (χ4v) is 2.01. The normalized spacial score (nSPS) is 10.5. The van der Waals surface area contributed by atoms with Crippen LogP contribution in [0.5, 0.6) is 5.75 Å². The van der Waals surface area contributed by atoms with Gasteiger partial charge in [0, 0.05) is 18.5 Å². The number of carbonyl (C=O) groups excluding carboxylic acids is 1. The summed E-state index contributed by atoms with van der Waals surface area (Å²) >= 11 is 0. The van der Waals surface area contributed by atoms with Gasteiger partial charge in [-0.3, -0.25) is 4.79 Å². The first-order valence-electron chi connectivity index (χ1n) is 7.05. The first-order chi connectivity index (χ1) is 11.3. The third-order valence-corrected chi connectivity index (χ3v) is 3.15. The molecule has 7 heteroatoms. The average molecular weight is 313 g/mol. The highest BCUT2D eigenvalue weighted by molar-refractivity contribution is 5.91. The zero-order chi connectivity index (χ0) is 16.1. The molecule has 118 valence electrons. The van der Waals surface area contributed by atoms with E-state index < -0.39 is 0 Å². The molecule has 0 spiro atoms. The van der Waals surface area contributed by atoms with Gasteiger partial charge in [-0.1, -0.05) is 6.07 Å². The lowest BCUT2D eigenvalue weighted by molar-refractivity contribution is 0.0926. The number of nitrogens with zero attached hydrogens (tertiary/aromatic N) is 2. The molecule has 3 rings (SSSR count). The van der Waals surface area contributed by atoms with Gasteiger partial charge in [0.05, 0.1) is 13.4 Å². The van der Waals surface area contributed by atoms with Crippen molar-refractivity contribution in [3.8, 4) is 17.2 Å². The number of furan rings is 1. The van der Waals surface area contributed by atoms with Gasteiger partial charge in [-0.2, -0.15) is 0 Å². The average Bonchev–Trinajstić information content (AvgIpc) is 3.26. The topological polar surface area (TPSA) is 90.4 Å². The number of nitrogens with one attached hydrogen (secondary N) is 1. The molecule has 0 unspecified atom stereocenters. The molecule has 0 radical (unpaired) electrons. The Morgan fingerprint density at radius 3 is 2.96 bits per heavy atom. The van der Waals surface area contributed by atoms with Crippen molar-refractivity contribution in [3.63, 3.8) is 0 Å². The fraction of sp³-hybridized carbons (Fsp3) is 0.188. The Kier molecular flexibility index (Phi) is 4.37. The number of aromatic nitrogens is 2. The van der Waals surface area contributed by atoms with Crippen LogP contribution in [0.2, 0.25) is 0 Å². The monoisotopic (exact) mass is 313 g/mol. The molecule has 2 heterocycles. The van der Waals surface area contributed by atoms with Crippen LogP contribution in [-0.2, 0) is 6.42 Å². The van der Waals surface area contributed by atoms with Crippen LogP contribution in [0.15, 0.2) is 51.5 Å². The van der Waals surface area contributed by atoms with Gasteiger partial charge in [-0.25, -0.2) is 0 Å². The highest BCUT2D eigenvalue weighted by Gasteiger charge is 2.11. The van der Waals surface area contributed by atoms with Crippen LogP contribution in [0.3, 0.4) is 0 Å². The first-order valence-corrected chi connectivity index (χ1v) is 7.05. The molecule has 23 heavy (non-hydrogen) atoms. The zero-order valence-electron chi connectivity index (χ0n) is 12.5. The van der Waals surface area contributed by atoms with Gasteiger partial charge in [0.2, 0.25) is 11.8 Å². The number of methoxy groups -OCH3 is 1. The predicted molar refractivity (Wildman–Crippen MR) is 81.0 cm³/mol. The molecule has 0 aliphatic heterocycles. The largest absolute Gasteiger partial charge is 0.497 e. The van der Waals surface area contributed by atoms with Crippen LogP contribution >= 0.6 is 0 Å². The summed E-state index contributed by atoms with van der Waals surface area (Å²) in [4.78, 5) is 11.7. The van der Waals surface area contributed by atoms with Gasteiger partial charge >= 0.3 is 0 Å². The van der Waals surface area contributed by atoms with Gasteiger partial charge in [0.1, 0.15) is 5.75 Å². The van der Waals surface area contributed by atoms with E-state index in [-0.39, 0.29) is 11.7 Å². The highest BCUT2D eigenvalue weighted by atomic mass is 16.5. The molecule has 7 nitrogen and oxygen atoms in total. The number of benzene rings is 1. The minimum Gasteiger partial charge on any atom is -0.497 e. The van der Waals surface area contributed by atoms with Crippen LogP contribution in [0.1, 0.15) is 16.4 Å². The summed E-state index contributed by atoms with van der Waals surface area (Å²) in [6, 6.07) is 10.6. The lowest BCUT2D eigenvalue weighted by atomic mass is 10.2. The zero-order valence-corrected chi connectivity index (χ0v) is 12.5. The van der Waals surface area contributed by atoms with E-state index in [4.69, 9.17) is 13.6 Å². The predicted octanol–water partition coefficient (Wildman–Crippen LogP) is 2.31. The van der Waals surface area contributed by atoms with Crippen molar-refractivity contribution in [3.05, 3.63) is 54.3 Å². The van der Waals surface area contributed by atoms with Gasteiger partial charge < -0.3 is 18.9 Å². The van der Waals surface area contributed by atoms with Crippen molar-refractivity contribution in [1.82, 2.24) is 15.5 Å². The molecular formula is C16H15N3O4. The molecule has 1 amide bonds. The Hall–Kier alpha value is -3.09. The molecule has 3 aromatic rings. The van der Waals surface area contributed by atoms with Crippen LogP contribution in [0.25, 0.3) is 11.5 Å². The molecule has 1 aromatic carbocycles. The fourth-order valence-electron chi connectivity index (χ4n) is 2.01. The van der Waals surface area contributed by atoms with Crippen LogP contribution < -0.4 is 10.1 Å². The van der Waals surface area contributed by atoms with Crippen molar-refractivity contribution in [2.24, 2.45) is 0 Å². The molecule has 0 saturated heterocycles. The van der Waals surface area contributed by atoms with E-state index in [9.17, 15) is 4.79 Å². The summed E-state index contributed by atoms with van der Waals surface area (Å²) in [7, 11) is 1.60. The van der Waals surface area contributed by atoms with Crippen molar-refractivity contribution < 1.29 is 18.4 Å². The molecule has 0 bridgehead atoms. The maximum atomic E-state index is 11.7. The molecular weight excluding hydrogens is 298 g/mol. The standard InChI is InChI=1S/C16H15N3O4/c1-21-12-5-2-4-11(10-12)16-19-18-14(23-16)7-8-17-15(20)13-6-3-9-22-13/h2-6,9-10H,7-8H2,1H3,(H,17,20). The first kappa shape index (κ1) is 14.8. The summed E-state index contributed by atoms with van der Waals surface area (Å²) in [5.74, 6) is 1.57. The van der Waals surface area contributed by atoms with E-state index in [0.717, 1.165) is 5.56 Å². The summed E-state index contributed by atoms with van der Waals surface area (Å²) < 4.78 is 15.8. The van der Waals surface area contributed by atoms with E-state index >= 15 is 0 Å². The maximum Gasteiger partial charge on any atom is 0.286 e. The van der Waals surface area contributed by atoms with Crippen molar-refractivity contribution in [2.45, 2.75) is 6.42 Å². The minimum absolute atomic E-state index is 0.271. The number of amides is 1. The number of hydrogen-bond donors (Lipinski definition) is 1. The second-order valence-electron chi connectivity index (χ2n) is 4.72. The molecule has 0 atom stereocenters. The SMILES string of the molecule is COc1cccc(-c2nnc(CCNC(=O)c3ccco3)o2)c1. The number of hydrogen-bond acceptors (Lipinski definition) is 6. The second-order valence-corrected chi connectivity index (χ2v) is 4.72. The van der Waals surface area contributed by atoms with E-state index in [1.54, 1.807) is 19.2 Å². The lowest BCUT2D eigenvalue weighted by Gasteiger charge is -2.01. The molecule has 0 aliphatic carbocycles. The number of carbonyl (C=O) groups is 1. The Morgan fingerprint density at radius 2 is 2.17 bits per heavy atom. The number of rotatable bonds is 6. The summed E-state index contributed by atoms with van der Waals surface area (Å²) in [6.45, 7) is 0.374. The van der Waals surface area contributed by atoms with Gasteiger partial charge in [0.25, 0.3) is 5.91 Å². The maximum absolute atomic E-state index is 11.7. The van der Waals surface area contributed by atoms with Crippen LogP contribution in [-0.4, -0.2) is 29.8 Å². The summed E-state index contributed by atoms with van der Waals surface area (Å²) in [5, 5.41) is 10.7. The van der Waals surface area contributed by atoms with Crippen LogP contribution in [0.4, 0.5) is 0 Å². The van der Waals surface area contributed by atoms with Crippen LogP contribution in [0, 0.1) is 0 Å². The third-order valence-electron chi connectivity index (χ3n) is 3.15. The molecule has 0 saturated carbocycles. The van der Waals surface area contributed by atoms with Crippen molar-refractivity contribution in [2.75, 3.05) is 13.7 Å². The van der Waals surface area contributed by atoms with E-state index in [2.05, 4.69) is 15.5 Å². The molecule has 0 fully saturated rings. The Bertz CT molecular complexity index is 780. The highest BCUT2D eigenvalue weighted by Crippen LogP contribution is 2.22. The van der Waals surface area contributed by atoms with E-state index in [0.29, 0.717) is 30.5 Å². The smallest absolute Gasteiger partial charge is 0.286 e. The molecule has 2 aromatic heterocycles. The van der Waals surface area contributed by atoms with Gasteiger partial charge in [0.15, 0.2) is 5.76 Å². The third kappa shape index (κ3) is 3.57. The lowest BCUT2D eigenvalue weighted by Crippen LogP contribution is -2.25.